The van der Waals surface area contributed by atoms with E-state index >= 15 is 0 Å². The lowest BCUT2D eigenvalue weighted by molar-refractivity contribution is -0.124. The summed E-state index contributed by atoms with van der Waals surface area (Å²) in [5, 5.41) is 10.3. The van der Waals surface area contributed by atoms with E-state index in [9.17, 15) is 9.59 Å². The maximum atomic E-state index is 12.8. The van der Waals surface area contributed by atoms with Gasteiger partial charge in [0.2, 0.25) is 0 Å². The van der Waals surface area contributed by atoms with Crippen molar-refractivity contribution < 1.29 is 9.59 Å². The van der Waals surface area contributed by atoms with E-state index in [1.54, 1.807) is 23.2 Å². The van der Waals surface area contributed by atoms with Crippen molar-refractivity contribution in [3.8, 4) is 0 Å². The number of likely N-dealkylation sites (tertiary alicyclic amines) is 1. The summed E-state index contributed by atoms with van der Waals surface area (Å²) in [7, 11) is 0. The summed E-state index contributed by atoms with van der Waals surface area (Å²) in [6.07, 6.45) is 3.93. The van der Waals surface area contributed by atoms with Gasteiger partial charge < -0.3 is 10.2 Å². The lowest BCUT2D eigenvalue weighted by Gasteiger charge is -2.32. The zero-order valence-electron chi connectivity index (χ0n) is 16.9. The number of carbonyl (C=O) groups excluding carboxylic acids is 2. The monoisotopic (exact) mass is 383 g/mol. The minimum absolute atomic E-state index is 0.0358. The molecule has 0 spiro atoms. The second kappa shape index (κ2) is 8.99. The number of H-pyrrole nitrogens is 1. The Labute approximate surface area is 165 Å². The van der Waals surface area contributed by atoms with Crippen molar-refractivity contribution in [3.05, 3.63) is 41.3 Å². The Kier molecular flexibility index (Phi) is 6.44. The van der Waals surface area contributed by atoms with Gasteiger partial charge in [-0.25, -0.2) is 4.98 Å². The van der Waals surface area contributed by atoms with Crippen LogP contribution in [0, 0.1) is 18.8 Å². The van der Waals surface area contributed by atoms with Crippen LogP contribution < -0.4 is 5.32 Å². The molecule has 0 saturated carbocycles. The Morgan fingerprint density at radius 3 is 2.82 bits per heavy atom. The predicted molar refractivity (Wildman–Crippen MR) is 108 cm³/mol. The van der Waals surface area contributed by atoms with Gasteiger partial charge in [-0.1, -0.05) is 13.8 Å². The van der Waals surface area contributed by atoms with E-state index in [0.29, 0.717) is 43.4 Å². The smallest absolute Gasteiger partial charge is 0.255 e. The summed E-state index contributed by atoms with van der Waals surface area (Å²) >= 11 is 0. The fourth-order valence-corrected chi connectivity index (χ4v) is 3.55. The van der Waals surface area contributed by atoms with Crippen molar-refractivity contribution in [2.45, 2.75) is 46.6 Å². The molecule has 3 rings (SSSR count). The van der Waals surface area contributed by atoms with Crippen LogP contribution in [0.3, 0.4) is 0 Å². The average Bonchev–Trinajstić information content (AvgIpc) is 3.11. The standard InChI is InChI=1S/C21H29N5O2/c1-14(2)9-19(27)17-5-4-8-26(13-17)21(28)16-6-7-20(22-11-16)23-12-18-10-15(3)24-25-18/h6-7,10-11,14,17H,4-5,8-9,12-13H2,1-3H3,(H,22,23)(H,24,25)/t17-/m0/s1. The Balaban J connectivity index is 1.56. The van der Waals surface area contributed by atoms with Crippen molar-refractivity contribution in [1.29, 1.82) is 0 Å². The van der Waals surface area contributed by atoms with Gasteiger partial charge in [0.05, 0.1) is 17.8 Å². The summed E-state index contributed by atoms with van der Waals surface area (Å²) in [5.74, 6) is 1.24. The third-order valence-corrected chi connectivity index (χ3v) is 4.99. The first-order valence-electron chi connectivity index (χ1n) is 9.95. The van der Waals surface area contributed by atoms with Gasteiger partial charge in [-0.05, 0) is 43.9 Å². The number of nitrogens with zero attached hydrogens (tertiary/aromatic N) is 3. The molecule has 0 unspecified atom stereocenters. The van der Waals surface area contributed by atoms with E-state index in [1.807, 2.05) is 13.0 Å². The molecule has 3 heterocycles. The van der Waals surface area contributed by atoms with Gasteiger partial charge in [-0.2, -0.15) is 5.10 Å². The number of hydrogen-bond acceptors (Lipinski definition) is 5. The van der Waals surface area contributed by atoms with Gasteiger partial charge in [0.25, 0.3) is 5.91 Å². The number of Topliss-reactive ketones (excluding diaryl/α,β-unsaturated/α-hetero) is 1. The lowest BCUT2D eigenvalue weighted by atomic mass is 9.89. The van der Waals surface area contributed by atoms with Crippen molar-refractivity contribution in [2.24, 2.45) is 11.8 Å². The van der Waals surface area contributed by atoms with Crippen LogP contribution in [0.25, 0.3) is 0 Å². The van der Waals surface area contributed by atoms with Gasteiger partial charge in [-0.3, -0.25) is 14.7 Å². The number of amides is 1. The maximum absolute atomic E-state index is 12.8. The highest BCUT2D eigenvalue weighted by atomic mass is 16.2. The molecule has 2 aromatic rings. The molecule has 7 nitrogen and oxygen atoms in total. The van der Waals surface area contributed by atoms with E-state index in [-0.39, 0.29) is 17.6 Å². The third-order valence-electron chi connectivity index (χ3n) is 4.99. The fraction of sp³-hybridized carbons (Fsp3) is 0.524. The van der Waals surface area contributed by atoms with Gasteiger partial charge in [0.15, 0.2) is 0 Å². The van der Waals surface area contributed by atoms with E-state index in [2.05, 4.69) is 34.3 Å². The Morgan fingerprint density at radius 1 is 1.36 bits per heavy atom. The minimum atomic E-state index is -0.0518. The quantitative estimate of drug-likeness (QED) is 0.766. The second-order valence-electron chi connectivity index (χ2n) is 7.98. The predicted octanol–water partition coefficient (Wildman–Crippen LogP) is 3.19. The van der Waals surface area contributed by atoms with Crippen LogP contribution in [-0.4, -0.2) is 44.9 Å². The first kappa shape index (κ1) is 20.0. The normalized spacial score (nSPS) is 17.0. The number of aryl methyl sites for hydroxylation is 1. The highest BCUT2D eigenvalue weighted by Crippen LogP contribution is 2.22. The Morgan fingerprint density at radius 2 is 2.18 bits per heavy atom. The summed E-state index contributed by atoms with van der Waals surface area (Å²) in [4.78, 5) is 31.3. The average molecular weight is 383 g/mol. The van der Waals surface area contributed by atoms with Gasteiger partial charge in [0.1, 0.15) is 11.6 Å². The SMILES string of the molecule is Cc1cc(CNc2ccc(C(=O)N3CCC[C@H](C(=O)CC(C)C)C3)cn2)n[nH]1. The van der Waals surface area contributed by atoms with Crippen LogP contribution in [0.15, 0.2) is 24.4 Å². The molecule has 0 aliphatic carbocycles. The molecule has 7 heteroatoms. The molecule has 2 N–H and O–H groups in total. The number of ketones is 1. The van der Waals surface area contributed by atoms with Crippen LogP contribution in [-0.2, 0) is 11.3 Å². The number of nitrogens with one attached hydrogen (secondary N) is 2. The first-order chi connectivity index (χ1) is 13.4. The van der Waals surface area contributed by atoms with Crippen LogP contribution in [0.1, 0.15) is 54.9 Å². The summed E-state index contributed by atoms with van der Waals surface area (Å²) < 4.78 is 0. The summed E-state index contributed by atoms with van der Waals surface area (Å²) in [5.41, 5.74) is 2.47. The number of pyridine rings is 1. The summed E-state index contributed by atoms with van der Waals surface area (Å²) in [6, 6.07) is 5.56. The fourth-order valence-electron chi connectivity index (χ4n) is 3.55. The molecule has 2 aromatic heterocycles. The van der Waals surface area contributed by atoms with Crippen molar-refractivity contribution in [2.75, 3.05) is 18.4 Å². The highest BCUT2D eigenvalue weighted by Gasteiger charge is 2.29. The van der Waals surface area contributed by atoms with Gasteiger partial charge in [0, 0.05) is 37.3 Å². The van der Waals surface area contributed by atoms with E-state index in [0.717, 1.165) is 24.2 Å². The molecule has 150 valence electrons. The molecule has 1 saturated heterocycles. The Hall–Kier alpha value is -2.70. The van der Waals surface area contributed by atoms with Crippen LogP contribution in [0.5, 0.6) is 0 Å². The van der Waals surface area contributed by atoms with Crippen molar-refractivity contribution in [3.63, 3.8) is 0 Å². The van der Waals surface area contributed by atoms with Crippen LogP contribution >= 0.6 is 0 Å². The highest BCUT2D eigenvalue weighted by molar-refractivity contribution is 5.94. The topological polar surface area (TPSA) is 91.0 Å². The van der Waals surface area contributed by atoms with Crippen molar-refractivity contribution >= 4 is 17.5 Å². The van der Waals surface area contributed by atoms with Gasteiger partial charge >= 0.3 is 0 Å². The largest absolute Gasteiger partial charge is 0.364 e. The van der Waals surface area contributed by atoms with E-state index < -0.39 is 0 Å². The molecule has 1 amide bonds. The lowest BCUT2D eigenvalue weighted by Crippen LogP contribution is -2.42. The van der Waals surface area contributed by atoms with E-state index in [4.69, 9.17) is 0 Å². The number of carbonyl (C=O) groups is 2. The summed E-state index contributed by atoms with van der Waals surface area (Å²) in [6.45, 7) is 7.84. The van der Waals surface area contributed by atoms with Gasteiger partial charge in [-0.15, -0.1) is 0 Å². The van der Waals surface area contributed by atoms with E-state index in [1.165, 1.54) is 0 Å². The third kappa shape index (κ3) is 5.18. The molecular formula is C21H29N5O2. The molecule has 0 bridgehead atoms. The zero-order valence-corrected chi connectivity index (χ0v) is 16.9. The molecule has 1 fully saturated rings. The Bertz CT molecular complexity index is 812. The number of piperidine rings is 1. The molecule has 1 aliphatic heterocycles. The maximum Gasteiger partial charge on any atom is 0.255 e. The van der Waals surface area contributed by atoms with Crippen LogP contribution in [0.2, 0.25) is 0 Å². The first-order valence-corrected chi connectivity index (χ1v) is 9.95. The van der Waals surface area contributed by atoms with Crippen LogP contribution in [0.4, 0.5) is 5.82 Å². The number of hydrogen-bond donors (Lipinski definition) is 2. The van der Waals surface area contributed by atoms with Crippen molar-refractivity contribution in [1.82, 2.24) is 20.1 Å². The second-order valence-corrected chi connectivity index (χ2v) is 7.98. The molecule has 28 heavy (non-hydrogen) atoms. The minimum Gasteiger partial charge on any atom is -0.364 e. The number of aromatic nitrogens is 3. The number of aromatic amines is 1. The molecule has 1 atom stereocenters. The molecule has 0 radical (unpaired) electrons. The number of anilines is 1. The molecule has 1 aliphatic rings. The molecule has 0 aromatic carbocycles. The molecular weight excluding hydrogens is 354 g/mol. The number of rotatable bonds is 7. The zero-order chi connectivity index (χ0) is 20.1.